The van der Waals surface area contributed by atoms with E-state index in [1.165, 1.54) is 22.9 Å². The van der Waals surface area contributed by atoms with E-state index in [1.807, 2.05) is 11.8 Å². The summed E-state index contributed by atoms with van der Waals surface area (Å²) in [5.41, 5.74) is 5.95. The van der Waals surface area contributed by atoms with Gasteiger partial charge in [0, 0.05) is 18.3 Å². The third-order valence-corrected chi connectivity index (χ3v) is 8.55. The molecule has 4 heterocycles. The summed E-state index contributed by atoms with van der Waals surface area (Å²) in [5.74, 6) is -0.458. The highest BCUT2D eigenvalue weighted by Gasteiger charge is 2.42. The summed E-state index contributed by atoms with van der Waals surface area (Å²) in [6.07, 6.45) is 0.294. The predicted octanol–water partition coefficient (Wildman–Crippen LogP) is 1.70. The molecule has 2 aliphatic rings. The number of hydrogen-bond donors (Lipinski definition) is 2. The van der Waals surface area contributed by atoms with Crippen molar-refractivity contribution in [1.82, 2.24) is 24.3 Å². The van der Waals surface area contributed by atoms with E-state index in [4.69, 9.17) is 10.5 Å². The third-order valence-electron chi connectivity index (χ3n) is 6.02. The number of anilines is 1. The van der Waals surface area contributed by atoms with Crippen molar-refractivity contribution in [2.24, 2.45) is 5.73 Å². The fourth-order valence-electron chi connectivity index (χ4n) is 4.00. The highest BCUT2D eigenvalue weighted by atomic mass is 32.2. The lowest BCUT2D eigenvalue weighted by molar-refractivity contribution is -0.133. The molecular weight excluding hydrogens is 504 g/mol. The molecule has 5 rings (SSSR count). The van der Waals surface area contributed by atoms with Crippen molar-refractivity contribution in [2.45, 2.75) is 55.8 Å². The second-order valence-electron chi connectivity index (χ2n) is 9.05. The maximum absolute atomic E-state index is 13.3. The van der Waals surface area contributed by atoms with Crippen molar-refractivity contribution >= 4 is 38.5 Å². The van der Waals surface area contributed by atoms with Crippen LogP contribution in [0.25, 0.3) is 16.3 Å². The number of ether oxygens (including phenoxy) is 1. The Morgan fingerprint density at radius 2 is 2.09 bits per heavy atom. The first-order valence-electron chi connectivity index (χ1n) is 10.8. The Kier molecular flexibility index (Phi) is 5.77. The number of pyridine rings is 1. The first-order valence-corrected chi connectivity index (χ1v) is 13.1. The normalized spacial score (nSPS) is 22.1. The van der Waals surface area contributed by atoms with Crippen LogP contribution in [-0.2, 0) is 19.6 Å². The standard InChI is InChI=1S/C20H23F2N7O4S2/c1-10-7-28(9-14(33-10)16(23)30)12-5-11(35(31,32)27-20(2)3-4-20)8-29-13(12)6-24-17(29)19-26-25-18(34-19)15(21)22/h5-6,8,10,14-15,27H,3-4,7,9H2,1-2H3,(H2,23,30)/t10-,14-/m1/s1. The molecule has 0 bridgehead atoms. The van der Waals surface area contributed by atoms with Crippen molar-refractivity contribution in [3.63, 3.8) is 0 Å². The average molecular weight is 528 g/mol. The number of amides is 1. The first kappa shape index (κ1) is 24.0. The number of nitrogens with two attached hydrogens (primary N) is 1. The summed E-state index contributed by atoms with van der Waals surface area (Å²) < 4.78 is 62.6. The van der Waals surface area contributed by atoms with Crippen LogP contribution in [0.1, 0.15) is 38.1 Å². The fourth-order valence-corrected chi connectivity index (χ4v) is 6.18. The van der Waals surface area contributed by atoms with E-state index < -0.39 is 39.0 Å². The van der Waals surface area contributed by atoms with Crippen LogP contribution in [0, 0.1) is 0 Å². The van der Waals surface area contributed by atoms with Crippen molar-refractivity contribution in [1.29, 1.82) is 0 Å². The summed E-state index contributed by atoms with van der Waals surface area (Å²) in [6, 6.07) is 1.51. The Morgan fingerprint density at radius 3 is 2.71 bits per heavy atom. The maximum atomic E-state index is 13.3. The zero-order chi connectivity index (χ0) is 25.1. The second-order valence-corrected chi connectivity index (χ2v) is 11.7. The molecule has 1 aliphatic carbocycles. The molecule has 0 spiro atoms. The summed E-state index contributed by atoms with van der Waals surface area (Å²) in [4.78, 5) is 18.0. The number of carbonyl (C=O) groups is 1. The molecule has 15 heteroatoms. The molecule has 3 N–H and O–H groups in total. The van der Waals surface area contributed by atoms with Crippen LogP contribution in [0.15, 0.2) is 23.4 Å². The number of hydrogen-bond acceptors (Lipinski definition) is 9. The Labute approximate surface area is 203 Å². The summed E-state index contributed by atoms with van der Waals surface area (Å²) in [6.45, 7) is 4.08. The molecule has 1 saturated carbocycles. The molecule has 1 amide bonds. The number of fused-ring (bicyclic) bond motifs is 1. The number of sulfonamides is 1. The van der Waals surface area contributed by atoms with Gasteiger partial charge in [-0.1, -0.05) is 11.3 Å². The van der Waals surface area contributed by atoms with Crippen LogP contribution in [0.3, 0.4) is 0 Å². The Bertz CT molecular complexity index is 1400. The number of nitrogens with zero attached hydrogens (tertiary/aromatic N) is 5. The lowest BCUT2D eigenvalue weighted by Crippen LogP contribution is -2.51. The minimum absolute atomic E-state index is 0.0410. The van der Waals surface area contributed by atoms with E-state index in [2.05, 4.69) is 19.9 Å². The molecular formula is C20H23F2N7O4S2. The maximum Gasteiger partial charge on any atom is 0.291 e. The van der Waals surface area contributed by atoms with E-state index in [-0.39, 0.29) is 28.4 Å². The predicted molar refractivity (Wildman–Crippen MR) is 123 cm³/mol. The smallest absolute Gasteiger partial charge is 0.291 e. The number of imidazole rings is 1. The van der Waals surface area contributed by atoms with Crippen LogP contribution < -0.4 is 15.4 Å². The Balaban J connectivity index is 1.66. The van der Waals surface area contributed by atoms with Crippen LogP contribution >= 0.6 is 11.3 Å². The number of alkyl halides is 2. The van der Waals surface area contributed by atoms with Gasteiger partial charge in [0.25, 0.3) is 6.43 Å². The molecule has 3 aromatic rings. The van der Waals surface area contributed by atoms with Gasteiger partial charge in [-0.3, -0.25) is 9.20 Å². The lowest BCUT2D eigenvalue weighted by atomic mass is 10.2. The molecule has 188 valence electrons. The summed E-state index contributed by atoms with van der Waals surface area (Å²) >= 11 is 0.678. The van der Waals surface area contributed by atoms with Gasteiger partial charge in [0.05, 0.1) is 30.0 Å². The number of halogens is 2. The Morgan fingerprint density at radius 1 is 1.34 bits per heavy atom. The van der Waals surface area contributed by atoms with Gasteiger partial charge in [0.2, 0.25) is 15.9 Å². The van der Waals surface area contributed by atoms with E-state index >= 15 is 0 Å². The molecule has 3 aromatic heterocycles. The monoisotopic (exact) mass is 527 g/mol. The van der Waals surface area contributed by atoms with Crippen LogP contribution in [0.2, 0.25) is 0 Å². The highest BCUT2D eigenvalue weighted by Crippen LogP contribution is 2.38. The van der Waals surface area contributed by atoms with E-state index in [9.17, 15) is 22.0 Å². The minimum Gasteiger partial charge on any atom is -0.367 e. The minimum atomic E-state index is -3.94. The SMILES string of the molecule is C[C@@H]1CN(c2cc(S(=O)(=O)NC3(C)CC3)cn3c(-c4nnc(C(F)F)s4)ncc23)C[C@H](C(N)=O)O1. The molecule has 1 saturated heterocycles. The molecule has 0 unspecified atom stereocenters. The topological polar surface area (TPSA) is 145 Å². The van der Waals surface area contributed by atoms with Gasteiger partial charge in [-0.25, -0.2) is 26.9 Å². The van der Waals surface area contributed by atoms with Crippen molar-refractivity contribution in [3.05, 3.63) is 23.5 Å². The van der Waals surface area contributed by atoms with Crippen molar-refractivity contribution in [3.8, 4) is 10.8 Å². The summed E-state index contributed by atoms with van der Waals surface area (Å²) in [7, 11) is -3.94. The number of morpholine rings is 1. The third kappa shape index (κ3) is 4.60. The molecule has 11 nitrogen and oxygen atoms in total. The van der Waals surface area contributed by atoms with Crippen molar-refractivity contribution < 1.29 is 26.7 Å². The second kappa shape index (κ2) is 8.43. The average Bonchev–Trinajstić information content (AvgIpc) is 3.17. The number of rotatable bonds is 7. The summed E-state index contributed by atoms with van der Waals surface area (Å²) in [5, 5.41) is 7.00. The van der Waals surface area contributed by atoms with Gasteiger partial charge >= 0.3 is 0 Å². The fraction of sp³-hybridized carbons (Fsp3) is 0.500. The number of nitrogens with one attached hydrogen (secondary N) is 1. The highest BCUT2D eigenvalue weighted by molar-refractivity contribution is 7.89. The van der Waals surface area contributed by atoms with Gasteiger partial charge in [-0.05, 0) is 32.8 Å². The van der Waals surface area contributed by atoms with Gasteiger partial charge in [0.15, 0.2) is 21.9 Å². The van der Waals surface area contributed by atoms with E-state index in [1.54, 1.807) is 6.92 Å². The van der Waals surface area contributed by atoms with Crippen molar-refractivity contribution in [2.75, 3.05) is 18.0 Å². The van der Waals surface area contributed by atoms with Gasteiger partial charge < -0.3 is 15.4 Å². The first-order chi connectivity index (χ1) is 16.5. The van der Waals surface area contributed by atoms with E-state index in [0.717, 1.165) is 12.8 Å². The lowest BCUT2D eigenvalue weighted by Gasteiger charge is -2.37. The zero-order valence-electron chi connectivity index (χ0n) is 18.8. The number of carbonyl (C=O) groups excluding carboxylic acids is 1. The molecule has 1 aliphatic heterocycles. The van der Waals surface area contributed by atoms with Gasteiger partial charge in [-0.2, -0.15) is 0 Å². The molecule has 0 aromatic carbocycles. The molecule has 2 atom stereocenters. The largest absolute Gasteiger partial charge is 0.367 e. The molecule has 0 radical (unpaired) electrons. The molecule has 2 fully saturated rings. The number of primary amides is 1. The van der Waals surface area contributed by atoms with Crippen LogP contribution in [-0.4, -0.2) is 64.7 Å². The molecule has 35 heavy (non-hydrogen) atoms. The zero-order valence-corrected chi connectivity index (χ0v) is 20.4. The quantitative estimate of drug-likeness (QED) is 0.472. The van der Waals surface area contributed by atoms with Crippen LogP contribution in [0.5, 0.6) is 0 Å². The Hall–Kier alpha value is -2.75. The van der Waals surface area contributed by atoms with Gasteiger partial charge in [0.1, 0.15) is 4.90 Å². The van der Waals surface area contributed by atoms with Crippen LogP contribution in [0.4, 0.5) is 14.5 Å². The van der Waals surface area contributed by atoms with Gasteiger partial charge in [-0.15, -0.1) is 10.2 Å². The number of aromatic nitrogens is 4. The van der Waals surface area contributed by atoms with E-state index in [0.29, 0.717) is 29.1 Å².